The van der Waals surface area contributed by atoms with Gasteiger partial charge >= 0.3 is 0 Å². The maximum atomic E-state index is 9.01. The highest BCUT2D eigenvalue weighted by molar-refractivity contribution is 5.81. The Balaban J connectivity index is 1.94. The first-order valence-corrected chi connectivity index (χ1v) is 5.54. The summed E-state index contributed by atoms with van der Waals surface area (Å²) in [6, 6.07) is 0. The number of hydrogen-bond acceptors (Lipinski definition) is 5. The third-order valence-corrected chi connectivity index (χ3v) is 3.32. The van der Waals surface area contributed by atoms with Gasteiger partial charge in [0.05, 0.1) is 12.6 Å². The van der Waals surface area contributed by atoms with Crippen LogP contribution < -0.4 is 5.73 Å². The van der Waals surface area contributed by atoms with Crippen LogP contribution in [0.4, 0.5) is 5.82 Å². The molecule has 2 aromatic heterocycles. The Hall–Kier alpha value is -2.11. The molecule has 0 aliphatic heterocycles. The highest BCUT2D eigenvalue weighted by atomic mass is 16.2. The fraction of sp³-hybridized carbons (Fsp3) is 0.364. The van der Waals surface area contributed by atoms with Crippen LogP contribution in [0.1, 0.15) is 12.8 Å². The van der Waals surface area contributed by atoms with Crippen molar-refractivity contribution in [1.29, 1.82) is 0 Å². The van der Waals surface area contributed by atoms with Crippen molar-refractivity contribution in [1.82, 2.24) is 19.5 Å². The van der Waals surface area contributed by atoms with E-state index in [1.165, 1.54) is 12.6 Å². The summed E-state index contributed by atoms with van der Waals surface area (Å²) in [6.07, 6.45) is 6.45. The number of fused-ring (bicyclic) bond motifs is 1. The molecule has 1 unspecified atom stereocenters. The normalized spacial score (nSPS) is 21.9. The predicted octanol–water partition coefficient (Wildman–Crippen LogP) is 1.26. The standard InChI is InChI=1S/C11H13N5O/c12-10-9-11(14-5-13-10)16(6-15-9)3-7-1-2-8(7)4-17/h4-7,17H,1-3H2,(H2,12,13,14)/b8-4+. The molecule has 1 fully saturated rings. The number of aliphatic hydroxyl groups excluding tert-OH is 1. The number of anilines is 1. The Bertz CT molecular complexity index is 589. The minimum atomic E-state index is 0.383. The summed E-state index contributed by atoms with van der Waals surface area (Å²) in [7, 11) is 0. The van der Waals surface area contributed by atoms with Gasteiger partial charge in [0.2, 0.25) is 0 Å². The Morgan fingerprint density at radius 3 is 3.06 bits per heavy atom. The molecular formula is C11H13N5O. The lowest BCUT2D eigenvalue weighted by Gasteiger charge is -2.29. The number of allylic oxidation sites excluding steroid dienone is 1. The molecule has 0 aromatic carbocycles. The molecule has 0 bridgehead atoms. The fourth-order valence-electron chi connectivity index (χ4n) is 2.16. The zero-order valence-corrected chi connectivity index (χ0v) is 9.24. The van der Waals surface area contributed by atoms with Gasteiger partial charge in [-0.1, -0.05) is 0 Å². The van der Waals surface area contributed by atoms with E-state index in [9.17, 15) is 0 Å². The monoisotopic (exact) mass is 231 g/mol. The molecule has 2 aromatic rings. The molecule has 0 spiro atoms. The summed E-state index contributed by atoms with van der Waals surface area (Å²) in [5.74, 6) is 0.786. The van der Waals surface area contributed by atoms with Gasteiger partial charge in [-0.3, -0.25) is 0 Å². The topological polar surface area (TPSA) is 89.9 Å². The minimum Gasteiger partial charge on any atom is -0.516 e. The number of aliphatic hydroxyl groups is 1. The second kappa shape index (κ2) is 3.73. The largest absolute Gasteiger partial charge is 0.516 e. The van der Waals surface area contributed by atoms with E-state index in [1.807, 2.05) is 4.57 Å². The molecule has 6 heteroatoms. The van der Waals surface area contributed by atoms with E-state index in [0.717, 1.165) is 30.6 Å². The van der Waals surface area contributed by atoms with Crippen LogP contribution in [-0.4, -0.2) is 24.6 Å². The predicted molar refractivity (Wildman–Crippen MR) is 63.2 cm³/mol. The number of nitrogen functional groups attached to an aromatic ring is 1. The Kier molecular flexibility index (Phi) is 2.21. The number of aromatic nitrogens is 4. The molecule has 6 nitrogen and oxygen atoms in total. The maximum Gasteiger partial charge on any atom is 0.165 e. The minimum absolute atomic E-state index is 0.383. The summed E-state index contributed by atoms with van der Waals surface area (Å²) in [4.78, 5) is 12.3. The van der Waals surface area contributed by atoms with Crippen LogP contribution >= 0.6 is 0 Å². The lowest BCUT2D eigenvalue weighted by molar-refractivity contribution is 0.355. The molecule has 1 atom stereocenters. The molecule has 2 heterocycles. The van der Waals surface area contributed by atoms with E-state index < -0.39 is 0 Å². The van der Waals surface area contributed by atoms with Gasteiger partial charge in [0.15, 0.2) is 11.5 Å². The first-order valence-electron chi connectivity index (χ1n) is 5.54. The van der Waals surface area contributed by atoms with Crippen molar-refractivity contribution in [2.45, 2.75) is 19.4 Å². The van der Waals surface area contributed by atoms with Crippen LogP contribution in [0.5, 0.6) is 0 Å². The van der Waals surface area contributed by atoms with Gasteiger partial charge in [-0.05, 0) is 18.4 Å². The van der Waals surface area contributed by atoms with Crippen molar-refractivity contribution in [3.05, 3.63) is 24.5 Å². The van der Waals surface area contributed by atoms with Gasteiger partial charge < -0.3 is 15.4 Å². The zero-order chi connectivity index (χ0) is 11.8. The number of nitrogens with two attached hydrogens (primary N) is 1. The van der Waals surface area contributed by atoms with Crippen LogP contribution in [0.2, 0.25) is 0 Å². The third kappa shape index (κ3) is 1.52. The lowest BCUT2D eigenvalue weighted by atomic mass is 9.80. The summed E-state index contributed by atoms with van der Waals surface area (Å²) >= 11 is 0. The molecule has 17 heavy (non-hydrogen) atoms. The third-order valence-electron chi connectivity index (χ3n) is 3.32. The second-order valence-electron chi connectivity index (χ2n) is 4.27. The van der Waals surface area contributed by atoms with Gasteiger partial charge in [0, 0.05) is 12.5 Å². The Morgan fingerprint density at radius 1 is 1.47 bits per heavy atom. The summed E-state index contributed by atoms with van der Waals surface area (Å²) in [5, 5.41) is 9.01. The Labute approximate surface area is 97.8 Å². The highest BCUT2D eigenvalue weighted by Gasteiger charge is 2.25. The van der Waals surface area contributed by atoms with Gasteiger partial charge in [0.25, 0.3) is 0 Å². The quantitative estimate of drug-likeness (QED) is 0.759. The molecule has 3 N–H and O–H groups in total. The molecule has 0 amide bonds. The average molecular weight is 231 g/mol. The van der Waals surface area contributed by atoms with Crippen LogP contribution in [-0.2, 0) is 6.54 Å². The molecule has 1 aliphatic rings. The molecular weight excluding hydrogens is 218 g/mol. The van der Waals surface area contributed by atoms with Crippen LogP contribution in [0.15, 0.2) is 24.5 Å². The van der Waals surface area contributed by atoms with Crippen molar-refractivity contribution >= 4 is 17.0 Å². The maximum absolute atomic E-state index is 9.01. The fourth-order valence-corrected chi connectivity index (χ4v) is 2.16. The van der Waals surface area contributed by atoms with Crippen LogP contribution in [0.25, 0.3) is 11.2 Å². The number of imidazole rings is 1. The molecule has 88 valence electrons. The summed E-state index contributed by atoms with van der Waals surface area (Å²) in [6.45, 7) is 0.777. The number of rotatable bonds is 2. The highest BCUT2D eigenvalue weighted by Crippen LogP contribution is 2.34. The number of nitrogens with zero attached hydrogens (tertiary/aromatic N) is 4. The van der Waals surface area contributed by atoms with E-state index in [-0.39, 0.29) is 0 Å². The summed E-state index contributed by atoms with van der Waals surface area (Å²) in [5.41, 5.74) is 8.21. The smallest absolute Gasteiger partial charge is 0.165 e. The van der Waals surface area contributed by atoms with E-state index in [2.05, 4.69) is 15.0 Å². The molecule has 3 rings (SSSR count). The first-order chi connectivity index (χ1) is 8.29. The van der Waals surface area contributed by atoms with Gasteiger partial charge in [-0.2, -0.15) is 0 Å². The van der Waals surface area contributed by atoms with E-state index in [4.69, 9.17) is 10.8 Å². The second-order valence-corrected chi connectivity index (χ2v) is 4.27. The van der Waals surface area contributed by atoms with E-state index in [0.29, 0.717) is 17.3 Å². The number of hydrogen-bond donors (Lipinski definition) is 2. The Morgan fingerprint density at radius 2 is 2.35 bits per heavy atom. The average Bonchev–Trinajstić information content (AvgIpc) is 2.70. The summed E-state index contributed by atoms with van der Waals surface area (Å²) < 4.78 is 1.96. The zero-order valence-electron chi connectivity index (χ0n) is 9.24. The van der Waals surface area contributed by atoms with Gasteiger partial charge in [0.1, 0.15) is 11.8 Å². The SMILES string of the molecule is Nc1ncnc2c1ncn2CC1CC/C1=C\O. The molecule has 0 radical (unpaired) electrons. The van der Waals surface area contributed by atoms with E-state index >= 15 is 0 Å². The van der Waals surface area contributed by atoms with Crippen molar-refractivity contribution in [2.75, 3.05) is 5.73 Å². The first kappa shape index (κ1) is 10.1. The lowest BCUT2D eigenvalue weighted by Crippen LogP contribution is -2.21. The van der Waals surface area contributed by atoms with Crippen LogP contribution in [0.3, 0.4) is 0 Å². The van der Waals surface area contributed by atoms with Gasteiger partial charge in [-0.25, -0.2) is 15.0 Å². The van der Waals surface area contributed by atoms with Crippen molar-refractivity contribution < 1.29 is 5.11 Å². The molecule has 1 aliphatic carbocycles. The van der Waals surface area contributed by atoms with Gasteiger partial charge in [-0.15, -0.1) is 0 Å². The van der Waals surface area contributed by atoms with Crippen LogP contribution in [0, 0.1) is 5.92 Å². The van der Waals surface area contributed by atoms with Crippen molar-refractivity contribution in [3.63, 3.8) is 0 Å². The molecule has 0 saturated heterocycles. The molecule has 1 saturated carbocycles. The van der Waals surface area contributed by atoms with Crippen molar-refractivity contribution in [2.24, 2.45) is 5.92 Å². The van der Waals surface area contributed by atoms with E-state index in [1.54, 1.807) is 6.33 Å². The van der Waals surface area contributed by atoms with Crippen molar-refractivity contribution in [3.8, 4) is 0 Å².